The number of hydrogen-bond acceptors (Lipinski definition) is 6. The van der Waals surface area contributed by atoms with Gasteiger partial charge in [0.1, 0.15) is 18.3 Å². The number of esters is 1. The first-order valence-corrected chi connectivity index (χ1v) is 9.43. The van der Waals surface area contributed by atoms with Crippen molar-refractivity contribution in [3.63, 3.8) is 0 Å². The van der Waals surface area contributed by atoms with Crippen molar-refractivity contribution in [2.24, 2.45) is 5.92 Å². The van der Waals surface area contributed by atoms with Gasteiger partial charge in [-0.25, -0.2) is 0 Å². The first-order valence-electron chi connectivity index (χ1n) is 8.14. The van der Waals surface area contributed by atoms with Crippen molar-refractivity contribution in [3.8, 4) is 0 Å². The molecule has 0 aromatic rings. The maximum absolute atomic E-state index is 12.5. The number of thioether (sulfide) groups is 1. The Morgan fingerprint density at radius 1 is 1.33 bits per heavy atom. The summed E-state index contributed by atoms with van der Waals surface area (Å²) in [5, 5.41) is 20.0. The smallest absolute Gasteiger partial charge is 0.310 e. The van der Waals surface area contributed by atoms with Crippen molar-refractivity contribution >= 4 is 23.5 Å². The van der Waals surface area contributed by atoms with Crippen molar-refractivity contribution < 1.29 is 24.5 Å². The molecule has 136 valence electrons. The third-order valence-corrected chi connectivity index (χ3v) is 5.79. The Kier molecular flexibility index (Phi) is 8.19. The fourth-order valence-electron chi connectivity index (χ4n) is 2.53. The average Bonchev–Trinajstić information content (AvgIpc) is 2.58. The minimum atomic E-state index is -1.47. The predicted molar refractivity (Wildman–Crippen MR) is 95.8 cm³/mol. The monoisotopic (exact) mass is 356 g/mol. The summed E-state index contributed by atoms with van der Waals surface area (Å²) in [6, 6.07) is 0. The van der Waals surface area contributed by atoms with Crippen LogP contribution in [0, 0.1) is 5.92 Å². The molecule has 6 heteroatoms. The first-order chi connectivity index (χ1) is 11.2. The van der Waals surface area contributed by atoms with Crippen LogP contribution in [0.3, 0.4) is 0 Å². The molecule has 5 nitrogen and oxygen atoms in total. The van der Waals surface area contributed by atoms with Crippen LogP contribution >= 0.6 is 11.8 Å². The Morgan fingerprint density at radius 2 is 1.96 bits per heavy atom. The van der Waals surface area contributed by atoms with E-state index in [1.807, 2.05) is 26.2 Å². The second-order valence-electron chi connectivity index (χ2n) is 6.27. The van der Waals surface area contributed by atoms with Crippen LogP contribution in [0.1, 0.15) is 40.5 Å². The van der Waals surface area contributed by atoms with Gasteiger partial charge in [-0.2, -0.15) is 11.8 Å². The van der Waals surface area contributed by atoms with E-state index >= 15 is 0 Å². The van der Waals surface area contributed by atoms with Gasteiger partial charge in [0.25, 0.3) is 0 Å². The molecule has 5 unspecified atom stereocenters. The minimum absolute atomic E-state index is 0.0101. The summed E-state index contributed by atoms with van der Waals surface area (Å²) in [7, 11) is 0. The number of allylic oxidation sites excluding steroid dienone is 1. The molecular weight excluding hydrogens is 328 g/mol. The summed E-state index contributed by atoms with van der Waals surface area (Å²) in [5.74, 6) is -1.30. The van der Waals surface area contributed by atoms with Crippen molar-refractivity contribution in [2.45, 2.75) is 64.1 Å². The molecule has 0 saturated carbocycles. The molecule has 2 N–H and O–H groups in total. The number of carbonyl (C=O) groups is 2. The summed E-state index contributed by atoms with van der Waals surface area (Å²) in [4.78, 5) is 24.7. The van der Waals surface area contributed by atoms with Crippen molar-refractivity contribution in [3.05, 3.63) is 23.3 Å². The Balaban J connectivity index is 3.21. The predicted octanol–water partition coefficient (Wildman–Crippen LogP) is 2.26. The molecule has 0 aliphatic carbocycles. The molecule has 0 spiro atoms. The summed E-state index contributed by atoms with van der Waals surface area (Å²) in [5.41, 5.74) is 1.42. The van der Waals surface area contributed by atoms with E-state index in [4.69, 9.17) is 4.74 Å². The molecule has 1 heterocycles. The lowest BCUT2D eigenvalue weighted by Crippen LogP contribution is -2.39. The number of ketones is 1. The highest BCUT2D eigenvalue weighted by molar-refractivity contribution is 7.99. The van der Waals surface area contributed by atoms with Gasteiger partial charge < -0.3 is 14.9 Å². The fraction of sp³-hybridized carbons (Fsp3) is 0.667. The van der Waals surface area contributed by atoms with E-state index in [1.54, 1.807) is 19.9 Å². The molecule has 0 bridgehead atoms. The minimum Gasteiger partial charge on any atom is -0.457 e. The molecule has 24 heavy (non-hydrogen) atoms. The molecule has 0 amide bonds. The van der Waals surface area contributed by atoms with E-state index in [0.717, 1.165) is 5.57 Å². The maximum Gasteiger partial charge on any atom is 0.310 e. The average molecular weight is 356 g/mol. The number of Topliss-reactive ketones (excluding diaryl/α,β-unsaturated/α-hetero) is 1. The molecule has 1 rings (SSSR count). The van der Waals surface area contributed by atoms with Gasteiger partial charge in [-0.15, -0.1) is 0 Å². The second kappa shape index (κ2) is 9.39. The first kappa shape index (κ1) is 20.9. The summed E-state index contributed by atoms with van der Waals surface area (Å²) in [6.07, 6.45) is 2.69. The van der Waals surface area contributed by atoms with Crippen LogP contribution in [0.4, 0.5) is 0 Å². The number of ether oxygens (including phenoxy) is 1. The highest BCUT2D eigenvalue weighted by Gasteiger charge is 2.33. The van der Waals surface area contributed by atoms with Crippen LogP contribution < -0.4 is 0 Å². The van der Waals surface area contributed by atoms with Crippen LogP contribution in [0.25, 0.3) is 0 Å². The molecule has 0 aromatic heterocycles. The number of carbonyl (C=O) groups excluding carboxylic acids is 2. The van der Waals surface area contributed by atoms with Gasteiger partial charge in [0.2, 0.25) is 0 Å². The fourth-order valence-corrected chi connectivity index (χ4v) is 3.38. The van der Waals surface area contributed by atoms with Gasteiger partial charge in [-0.3, -0.25) is 9.59 Å². The van der Waals surface area contributed by atoms with E-state index in [0.29, 0.717) is 12.0 Å². The second-order valence-corrected chi connectivity index (χ2v) is 7.34. The molecule has 0 saturated heterocycles. The molecular formula is C18H28O5S. The SMILES string of the molecule is C/C=C(/C)C1C/C=C(\C)C(O)C(O)C(=O)CC(SC)C(C)C(=O)O1. The van der Waals surface area contributed by atoms with Crippen molar-refractivity contribution in [2.75, 3.05) is 6.26 Å². The molecule has 1 aliphatic heterocycles. The van der Waals surface area contributed by atoms with E-state index in [2.05, 4.69) is 0 Å². The third kappa shape index (κ3) is 5.19. The maximum atomic E-state index is 12.5. The number of aliphatic hydroxyl groups is 2. The van der Waals surface area contributed by atoms with Gasteiger partial charge in [0, 0.05) is 18.1 Å². The van der Waals surface area contributed by atoms with Crippen LogP contribution in [-0.4, -0.2) is 51.8 Å². The van der Waals surface area contributed by atoms with Crippen LogP contribution in [0.5, 0.6) is 0 Å². The molecule has 0 aromatic carbocycles. The Bertz CT molecular complexity index is 526. The number of cyclic esters (lactones) is 1. The summed E-state index contributed by atoms with van der Waals surface area (Å²) < 4.78 is 5.65. The van der Waals surface area contributed by atoms with Crippen molar-refractivity contribution in [1.29, 1.82) is 0 Å². The highest BCUT2D eigenvalue weighted by atomic mass is 32.2. The van der Waals surface area contributed by atoms with Crippen LogP contribution in [0.2, 0.25) is 0 Å². The zero-order valence-electron chi connectivity index (χ0n) is 15.0. The van der Waals surface area contributed by atoms with Gasteiger partial charge in [0.05, 0.1) is 5.92 Å². The van der Waals surface area contributed by atoms with E-state index < -0.39 is 30.0 Å². The van der Waals surface area contributed by atoms with E-state index in [1.165, 1.54) is 11.8 Å². The van der Waals surface area contributed by atoms with Gasteiger partial charge in [-0.1, -0.05) is 19.1 Å². The lowest BCUT2D eigenvalue weighted by molar-refractivity contribution is -0.151. The number of rotatable bonds is 2. The van der Waals surface area contributed by atoms with E-state index in [9.17, 15) is 19.8 Å². The Labute approximate surface area is 148 Å². The normalized spacial score (nSPS) is 36.2. The van der Waals surface area contributed by atoms with Gasteiger partial charge >= 0.3 is 5.97 Å². The highest BCUT2D eigenvalue weighted by Crippen LogP contribution is 2.26. The lowest BCUT2D eigenvalue weighted by atomic mass is 9.94. The number of hydrogen-bond donors (Lipinski definition) is 2. The lowest BCUT2D eigenvalue weighted by Gasteiger charge is -2.27. The third-order valence-electron chi connectivity index (χ3n) is 4.61. The topological polar surface area (TPSA) is 83.8 Å². The number of aliphatic hydroxyl groups excluding tert-OH is 2. The molecule has 0 radical (unpaired) electrons. The van der Waals surface area contributed by atoms with Gasteiger partial charge in [0.15, 0.2) is 5.78 Å². The zero-order valence-corrected chi connectivity index (χ0v) is 15.8. The quantitative estimate of drug-likeness (QED) is 0.583. The van der Waals surface area contributed by atoms with Gasteiger partial charge in [-0.05, 0) is 38.2 Å². The van der Waals surface area contributed by atoms with E-state index in [-0.39, 0.29) is 17.6 Å². The molecule has 5 atom stereocenters. The van der Waals surface area contributed by atoms with Crippen LogP contribution in [0.15, 0.2) is 23.3 Å². The van der Waals surface area contributed by atoms with Crippen LogP contribution in [-0.2, 0) is 14.3 Å². The standard InChI is InChI=1S/C18H28O5S/c1-6-10(2)14-8-7-11(3)16(20)17(21)13(19)9-15(24-5)12(4)18(22)23-14/h6-7,12,14-17,20-21H,8-9H2,1-5H3/b10-6-,11-7+. The molecule has 1 aliphatic rings. The Morgan fingerprint density at radius 3 is 2.50 bits per heavy atom. The zero-order chi connectivity index (χ0) is 18.4. The summed E-state index contributed by atoms with van der Waals surface area (Å²) in [6.45, 7) is 7.15. The molecule has 0 fully saturated rings. The largest absolute Gasteiger partial charge is 0.457 e. The van der Waals surface area contributed by atoms with Crippen molar-refractivity contribution in [1.82, 2.24) is 0 Å². The summed E-state index contributed by atoms with van der Waals surface area (Å²) >= 11 is 1.39. The Hall–Kier alpha value is -1.11.